The standard InChI is InChI=1S/C14H18N6O/c1-9-8-16-6-5-10(9)13(21)20-7-3-4-11(20)12-17-14(15)19(2)18-12/h5-6,8,11H,3-4,7H2,1-2H3,(H2,15,17,18). The van der Waals surface area contributed by atoms with Crippen LogP contribution in [0.3, 0.4) is 0 Å². The second kappa shape index (κ2) is 5.16. The number of hydrogen-bond acceptors (Lipinski definition) is 5. The van der Waals surface area contributed by atoms with Crippen LogP contribution in [0.4, 0.5) is 5.95 Å². The number of anilines is 1. The lowest BCUT2D eigenvalue weighted by Gasteiger charge is -2.23. The van der Waals surface area contributed by atoms with Crippen LogP contribution in [-0.2, 0) is 7.05 Å². The van der Waals surface area contributed by atoms with Crippen molar-refractivity contribution in [2.45, 2.75) is 25.8 Å². The van der Waals surface area contributed by atoms with Gasteiger partial charge in [0.1, 0.15) is 0 Å². The molecule has 21 heavy (non-hydrogen) atoms. The molecule has 0 bridgehead atoms. The Morgan fingerprint density at radius 3 is 2.95 bits per heavy atom. The third kappa shape index (κ3) is 2.35. The molecule has 0 radical (unpaired) electrons. The summed E-state index contributed by atoms with van der Waals surface area (Å²) in [5, 5.41) is 4.32. The van der Waals surface area contributed by atoms with E-state index in [0.717, 1.165) is 18.4 Å². The molecule has 0 spiro atoms. The minimum Gasteiger partial charge on any atom is -0.368 e. The molecule has 2 aromatic heterocycles. The number of rotatable bonds is 2. The van der Waals surface area contributed by atoms with Gasteiger partial charge in [-0.05, 0) is 31.4 Å². The van der Waals surface area contributed by atoms with Gasteiger partial charge in [-0.1, -0.05) is 0 Å². The molecular weight excluding hydrogens is 268 g/mol. The summed E-state index contributed by atoms with van der Waals surface area (Å²) in [6, 6.07) is 1.65. The molecule has 0 aromatic carbocycles. The van der Waals surface area contributed by atoms with Crippen LogP contribution >= 0.6 is 0 Å². The highest BCUT2D eigenvalue weighted by atomic mass is 16.2. The quantitative estimate of drug-likeness (QED) is 0.892. The first kappa shape index (κ1) is 13.5. The van der Waals surface area contributed by atoms with Crippen LogP contribution in [0.2, 0.25) is 0 Å². The first-order valence-electron chi connectivity index (χ1n) is 6.96. The molecule has 2 N–H and O–H groups in total. The summed E-state index contributed by atoms with van der Waals surface area (Å²) >= 11 is 0. The molecule has 7 heteroatoms. The molecule has 0 aliphatic carbocycles. The van der Waals surface area contributed by atoms with E-state index < -0.39 is 0 Å². The molecule has 7 nitrogen and oxygen atoms in total. The molecule has 1 unspecified atom stereocenters. The lowest BCUT2D eigenvalue weighted by atomic mass is 10.1. The number of nitrogens with zero attached hydrogens (tertiary/aromatic N) is 5. The molecule has 3 rings (SSSR count). The van der Waals surface area contributed by atoms with Gasteiger partial charge in [0.2, 0.25) is 5.95 Å². The fraction of sp³-hybridized carbons (Fsp3) is 0.429. The van der Waals surface area contributed by atoms with Crippen molar-refractivity contribution in [1.82, 2.24) is 24.6 Å². The number of nitrogen functional groups attached to an aromatic ring is 1. The molecule has 1 fully saturated rings. The number of pyridine rings is 1. The van der Waals surface area contributed by atoms with Crippen LogP contribution in [-0.4, -0.2) is 37.1 Å². The van der Waals surface area contributed by atoms with Crippen LogP contribution in [0.1, 0.15) is 40.6 Å². The van der Waals surface area contributed by atoms with Crippen molar-refractivity contribution >= 4 is 11.9 Å². The van der Waals surface area contributed by atoms with E-state index in [0.29, 0.717) is 23.9 Å². The Hall–Kier alpha value is -2.44. The van der Waals surface area contributed by atoms with Crippen molar-refractivity contribution < 1.29 is 4.79 Å². The summed E-state index contributed by atoms with van der Waals surface area (Å²) in [5.41, 5.74) is 7.30. The summed E-state index contributed by atoms with van der Waals surface area (Å²) in [6.07, 6.45) is 5.15. The Kier molecular flexibility index (Phi) is 3.32. The molecule has 0 saturated carbocycles. The van der Waals surface area contributed by atoms with Crippen LogP contribution in [0.5, 0.6) is 0 Å². The number of nitrogens with two attached hydrogens (primary N) is 1. The second-order valence-corrected chi connectivity index (χ2v) is 5.30. The maximum absolute atomic E-state index is 12.7. The molecule has 1 aliphatic rings. The van der Waals surface area contributed by atoms with Crippen LogP contribution in [0.15, 0.2) is 18.5 Å². The van der Waals surface area contributed by atoms with Crippen molar-refractivity contribution in [1.29, 1.82) is 0 Å². The fourth-order valence-electron chi connectivity index (χ4n) is 2.70. The maximum atomic E-state index is 12.7. The number of hydrogen-bond donors (Lipinski definition) is 1. The Morgan fingerprint density at radius 2 is 2.29 bits per heavy atom. The van der Waals surface area contributed by atoms with Crippen molar-refractivity contribution in [3.63, 3.8) is 0 Å². The highest BCUT2D eigenvalue weighted by molar-refractivity contribution is 5.95. The van der Waals surface area contributed by atoms with Crippen LogP contribution < -0.4 is 5.73 Å². The molecule has 110 valence electrons. The van der Waals surface area contributed by atoms with E-state index >= 15 is 0 Å². The van der Waals surface area contributed by atoms with E-state index in [2.05, 4.69) is 15.1 Å². The predicted molar refractivity (Wildman–Crippen MR) is 77.4 cm³/mol. The smallest absolute Gasteiger partial charge is 0.254 e. The highest BCUT2D eigenvalue weighted by Gasteiger charge is 2.34. The number of carbonyl (C=O) groups excluding carboxylic acids is 1. The Labute approximate surface area is 122 Å². The lowest BCUT2D eigenvalue weighted by molar-refractivity contribution is 0.0729. The minimum atomic E-state index is -0.103. The first-order valence-corrected chi connectivity index (χ1v) is 6.96. The van der Waals surface area contributed by atoms with E-state index in [1.54, 1.807) is 25.5 Å². The van der Waals surface area contributed by atoms with Crippen molar-refractivity contribution in [3.05, 3.63) is 35.4 Å². The fourth-order valence-corrected chi connectivity index (χ4v) is 2.70. The number of aryl methyl sites for hydroxylation is 2. The van der Waals surface area contributed by atoms with E-state index in [1.165, 1.54) is 4.68 Å². The summed E-state index contributed by atoms with van der Waals surface area (Å²) in [6.45, 7) is 2.60. The molecule has 2 aromatic rings. The molecule has 1 amide bonds. The van der Waals surface area contributed by atoms with Gasteiger partial charge in [0.25, 0.3) is 5.91 Å². The molecular formula is C14H18N6O. The van der Waals surface area contributed by atoms with E-state index in [4.69, 9.17) is 5.73 Å². The third-order valence-corrected chi connectivity index (χ3v) is 3.88. The van der Waals surface area contributed by atoms with Crippen molar-refractivity contribution in [3.8, 4) is 0 Å². The highest BCUT2D eigenvalue weighted by Crippen LogP contribution is 2.32. The zero-order valence-electron chi connectivity index (χ0n) is 12.2. The van der Waals surface area contributed by atoms with Crippen LogP contribution in [0.25, 0.3) is 0 Å². The van der Waals surface area contributed by atoms with E-state index in [1.807, 2.05) is 11.8 Å². The van der Waals surface area contributed by atoms with Crippen molar-refractivity contribution in [2.24, 2.45) is 7.05 Å². The number of aromatic nitrogens is 4. The van der Waals surface area contributed by atoms with Gasteiger partial charge in [0.15, 0.2) is 5.82 Å². The van der Waals surface area contributed by atoms with Gasteiger partial charge >= 0.3 is 0 Å². The van der Waals surface area contributed by atoms with Gasteiger partial charge in [-0.25, -0.2) is 4.68 Å². The first-order chi connectivity index (χ1) is 10.1. The van der Waals surface area contributed by atoms with E-state index in [-0.39, 0.29) is 11.9 Å². The zero-order valence-corrected chi connectivity index (χ0v) is 12.2. The van der Waals surface area contributed by atoms with Crippen LogP contribution in [0, 0.1) is 6.92 Å². The molecule has 3 heterocycles. The van der Waals surface area contributed by atoms with Gasteiger partial charge in [-0.15, -0.1) is 0 Å². The number of carbonyl (C=O) groups is 1. The summed E-state index contributed by atoms with van der Waals surface area (Å²) < 4.78 is 1.54. The number of likely N-dealkylation sites (tertiary alicyclic amines) is 1. The van der Waals surface area contributed by atoms with Gasteiger partial charge in [0.05, 0.1) is 6.04 Å². The van der Waals surface area contributed by atoms with Crippen molar-refractivity contribution in [2.75, 3.05) is 12.3 Å². The average Bonchev–Trinajstić information content (AvgIpc) is 3.06. The lowest BCUT2D eigenvalue weighted by Crippen LogP contribution is -2.31. The Bertz CT molecular complexity index is 660. The molecule has 1 saturated heterocycles. The molecule has 1 aliphatic heterocycles. The zero-order chi connectivity index (χ0) is 15.0. The number of amides is 1. The summed E-state index contributed by atoms with van der Waals surface area (Å²) in [4.78, 5) is 22.9. The van der Waals surface area contributed by atoms with Gasteiger partial charge in [-0.3, -0.25) is 9.78 Å². The summed E-state index contributed by atoms with van der Waals surface area (Å²) in [7, 11) is 1.75. The minimum absolute atomic E-state index is 0.00317. The monoisotopic (exact) mass is 286 g/mol. The topological polar surface area (TPSA) is 89.9 Å². The largest absolute Gasteiger partial charge is 0.368 e. The van der Waals surface area contributed by atoms with Gasteiger partial charge in [-0.2, -0.15) is 10.1 Å². The van der Waals surface area contributed by atoms with Gasteiger partial charge < -0.3 is 10.6 Å². The molecule has 1 atom stereocenters. The second-order valence-electron chi connectivity index (χ2n) is 5.30. The predicted octanol–water partition coefficient (Wildman–Crippen LogP) is 1.08. The Morgan fingerprint density at radius 1 is 1.48 bits per heavy atom. The SMILES string of the molecule is Cc1cnccc1C(=O)N1CCCC1c1nc(N)n(C)n1. The average molecular weight is 286 g/mol. The third-order valence-electron chi connectivity index (χ3n) is 3.88. The summed E-state index contributed by atoms with van der Waals surface area (Å²) in [5.74, 6) is 0.986. The van der Waals surface area contributed by atoms with Gasteiger partial charge in [0, 0.05) is 31.5 Å². The van der Waals surface area contributed by atoms with E-state index in [9.17, 15) is 4.79 Å². The normalized spacial score (nSPS) is 18.2. The Balaban J connectivity index is 1.91. The maximum Gasteiger partial charge on any atom is 0.254 e.